The molecule has 0 saturated carbocycles. The molecule has 1 atom stereocenters. The van der Waals surface area contributed by atoms with E-state index in [0.717, 1.165) is 5.39 Å². The number of methoxy groups -OCH3 is 1. The first kappa shape index (κ1) is 15.4. The summed E-state index contributed by atoms with van der Waals surface area (Å²) < 4.78 is 4.94. The molecule has 1 aromatic heterocycles. The van der Waals surface area contributed by atoms with Gasteiger partial charge in [0.15, 0.2) is 0 Å². The molecule has 2 aromatic rings. The number of pyridine rings is 1. The van der Waals surface area contributed by atoms with E-state index in [1.54, 1.807) is 26.3 Å². The number of carbonyl (C=O) groups is 1. The molecular formula is C16H20N2O3. The Kier molecular flexibility index (Phi) is 4.88. The Morgan fingerprint density at radius 3 is 2.90 bits per heavy atom. The second-order valence-corrected chi connectivity index (χ2v) is 5.30. The average Bonchev–Trinajstić information content (AvgIpc) is 2.50. The average molecular weight is 288 g/mol. The lowest BCUT2D eigenvalue weighted by Gasteiger charge is -2.23. The van der Waals surface area contributed by atoms with Crippen molar-refractivity contribution in [1.29, 1.82) is 0 Å². The second kappa shape index (κ2) is 6.65. The number of para-hydroxylation sites is 1. The highest BCUT2D eigenvalue weighted by Crippen LogP contribution is 2.16. The van der Waals surface area contributed by atoms with Crippen LogP contribution in [0.2, 0.25) is 0 Å². The SMILES string of the molecule is COCCC(C)(O)CNC(=O)c1cccc2cccnc12. The quantitative estimate of drug-likeness (QED) is 0.849. The molecule has 5 nitrogen and oxygen atoms in total. The van der Waals surface area contributed by atoms with Crippen molar-refractivity contribution in [3.8, 4) is 0 Å². The zero-order valence-electron chi connectivity index (χ0n) is 12.3. The molecule has 0 fully saturated rings. The van der Waals surface area contributed by atoms with Crippen LogP contribution in [0.3, 0.4) is 0 Å². The molecule has 0 saturated heterocycles. The molecule has 5 heteroatoms. The van der Waals surface area contributed by atoms with Crippen molar-refractivity contribution < 1.29 is 14.6 Å². The van der Waals surface area contributed by atoms with E-state index in [2.05, 4.69) is 10.3 Å². The Morgan fingerprint density at radius 2 is 2.14 bits per heavy atom. The van der Waals surface area contributed by atoms with E-state index in [4.69, 9.17) is 4.74 Å². The highest BCUT2D eigenvalue weighted by atomic mass is 16.5. The number of aliphatic hydroxyl groups is 1. The van der Waals surface area contributed by atoms with Gasteiger partial charge in [-0.05, 0) is 19.1 Å². The van der Waals surface area contributed by atoms with Crippen LogP contribution < -0.4 is 5.32 Å². The van der Waals surface area contributed by atoms with E-state index in [-0.39, 0.29) is 12.5 Å². The Labute approximate surface area is 124 Å². The molecular weight excluding hydrogens is 268 g/mol. The first-order chi connectivity index (χ1) is 10.0. The van der Waals surface area contributed by atoms with E-state index >= 15 is 0 Å². The van der Waals surface area contributed by atoms with Gasteiger partial charge in [-0.15, -0.1) is 0 Å². The van der Waals surface area contributed by atoms with Crippen LogP contribution in [0.15, 0.2) is 36.5 Å². The lowest BCUT2D eigenvalue weighted by Crippen LogP contribution is -2.41. The third-order valence-corrected chi connectivity index (χ3v) is 3.35. The van der Waals surface area contributed by atoms with Crippen molar-refractivity contribution in [2.24, 2.45) is 0 Å². The minimum Gasteiger partial charge on any atom is -0.388 e. The molecule has 1 aromatic carbocycles. The van der Waals surface area contributed by atoms with Gasteiger partial charge in [0, 0.05) is 38.3 Å². The fourth-order valence-corrected chi connectivity index (χ4v) is 2.06. The summed E-state index contributed by atoms with van der Waals surface area (Å²) in [7, 11) is 1.58. The smallest absolute Gasteiger partial charge is 0.253 e. The molecule has 0 aliphatic rings. The largest absolute Gasteiger partial charge is 0.388 e. The summed E-state index contributed by atoms with van der Waals surface area (Å²) in [5, 5.41) is 13.8. The van der Waals surface area contributed by atoms with Gasteiger partial charge in [-0.2, -0.15) is 0 Å². The summed E-state index contributed by atoms with van der Waals surface area (Å²) in [6.07, 6.45) is 2.12. The van der Waals surface area contributed by atoms with Gasteiger partial charge in [0.05, 0.1) is 16.7 Å². The summed E-state index contributed by atoms with van der Waals surface area (Å²) in [6.45, 7) is 2.28. The number of carbonyl (C=O) groups excluding carboxylic acids is 1. The van der Waals surface area contributed by atoms with Crippen molar-refractivity contribution in [3.63, 3.8) is 0 Å². The van der Waals surface area contributed by atoms with Gasteiger partial charge in [0.2, 0.25) is 0 Å². The standard InChI is InChI=1S/C16H20N2O3/c1-16(20,8-10-21-2)11-18-15(19)13-7-3-5-12-6-4-9-17-14(12)13/h3-7,9,20H,8,10-11H2,1-2H3,(H,18,19). The molecule has 1 heterocycles. The molecule has 112 valence electrons. The van der Waals surface area contributed by atoms with E-state index < -0.39 is 5.60 Å². The number of aromatic nitrogens is 1. The Balaban J connectivity index is 2.09. The van der Waals surface area contributed by atoms with Crippen LogP contribution in [-0.4, -0.2) is 41.9 Å². The molecule has 2 N–H and O–H groups in total. The summed E-state index contributed by atoms with van der Waals surface area (Å²) in [4.78, 5) is 16.5. The molecule has 0 aliphatic heterocycles. The minimum atomic E-state index is -0.996. The van der Waals surface area contributed by atoms with Crippen LogP contribution in [0.4, 0.5) is 0 Å². The Hall–Kier alpha value is -1.98. The first-order valence-corrected chi connectivity index (χ1v) is 6.87. The van der Waals surface area contributed by atoms with E-state index in [9.17, 15) is 9.90 Å². The fourth-order valence-electron chi connectivity index (χ4n) is 2.06. The molecule has 1 amide bonds. The highest BCUT2D eigenvalue weighted by molar-refractivity contribution is 6.05. The maximum absolute atomic E-state index is 12.3. The summed E-state index contributed by atoms with van der Waals surface area (Å²) in [5.41, 5.74) is 0.175. The van der Waals surface area contributed by atoms with E-state index in [1.165, 1.54) is 0 Å². The van der Waals surface area contributed by atoms with Gasteiger partial charge >= 0.3 is 0 Å². The van der Waals surface area contributed by atoms with Crippen LogP contribution in [-0.2, 0) is 4.74 Å². The number of fused-ring (bicyclic) bond motifs is 1. The predicted molar refractivity (Wildman–Crippen MR) is 81.2 cm³/mol. The maximum atomic E-state index is 12.3. The Morgan fingerprint density at radius 1 is 1.38 bits per heavy atom. The number of rotatable bonds is 6. The van der Waals surface area contributed by atoms with E-state index in [0.29, 0.717) is 24.1 Å². The molecule has 2 rings (SSSR count). The Bertz CT molecular complexity index is 620. The fraction of sp³-hybridized carbons (Fsp3) is 0.375. The number of hydrogen-bond acceptors (Lipinski definition) is 4. The number of hydrogen-bond donors (Lipinski definition) is 2. The van der Waals surface area contributed by atoms with Crippen molar-refractivity contribution in [1.82, 2.24) is 10.3 Å². The molecule has 0 aliphatic carbocycles. The van der Waals surface area contributed by atoms with E-state index in [1.807, 2.05) is 24.3 Å². The summed E-state index contributed by atoms with van der Waals surface area (Å²) in [6, 6.07) is 9.21. The highest BCUT2D eigenvalue weighted by Gasteiger charge is 2.21. The predicted octanol–water partition coefficient (Wildman–Crippen LogP) is 1.75. The molecule has 21 heavy (non-hydrogen) atoms. The normalized spacial score (nSPS) is 13.9. The minimum absolute atomic E-state index is 0.165. The monoisotopic (exact) mass is 288 g/mol. The number of nitrogens with one attached hydrogen (secondary N) is 1. The van der Waals surface area contributed by atoms with Gasteiger partial charge in [0.25, 0.3) is 5.91 Å². The topological polar surface area (TPSA) is 71.5 Å². The van der Waals surface area contributed by atoms with Crippen LogP contribution in [0.25, 0.3) is 10.9 Å². The summed E-state index contributed by atoms with van der Waals surface area (Å²) >= 11 is 0. The van der Waals surface area contributed by atoms with Crippen LogP contribution >= 0.6 is 0 Å². The number of benzene rings is 1. The zero-order chi connectivity index (χ0) is 15.3. The molecule has 1 unspecified atom stereocenters. The van der Waals surface area contributed by atoms with Crippen LogP contribution in [0.5, 0.6) is 0 Å². The van der Waals surface area contributed by atoms with Gasteiger partial charge in [-0.25, -0.2) is 0 Å². The lowest BCUT2D eigenvalue weighted by atomic mass is 10.0. The third kappa shape index (κ3) is 4.00. The number of nitrogens with zero attached hydrogens (tertiary/aromatic N) is 1. The molecule has 0 radical (unpaired) electrons. The van der Waals surface area contributed by atoms with Gasteiger partial charge in [0.1, 0.15) is 0 Å². The van der Waals surface area contributed by atoms with Crippen molar-refractivity contribution in [3.05, 3.63) is 42.1 Å². The lowest BCUT2D eigenvalue weighted by molar-refractivity contribution is 0.0244. The molecule has 0 spiro atoms. The van der Waals surface area contributed by atoms with Gasteiger partial charge in [-0.1, -0.05) is 18.2 Å². The number of ether oxygens (including phenoxy) is 1. The zero-order valence-corrected chi connectivity index (χ0v) is 12.3. The van der Waals surface area contributed by atoms with Crippen LogP contribution in [0, 0.1) is 0 Å². The number of amides is 1. The second-order valence-electron chi connectivity index (χ2n) is 5.30. The maximum Gasteiger partial charge on any atom is 0.253 e. The van der Waals surface area contributed by atoms with Gasteiger partial charge in [-0.3, -0.25) is 9.78 Å². The molecule has 0 bridgehead atoms. The van der Waals surface area contributed by atoms with Crippen molar-refractivity contribution in [2.75, 3.05) is 20.3 Å². The van der Waals surface area contributed by atoms with Crippen molar-refractivity contribution in [2.45, 2.75) is 18.9 Å². The van der Waals surface area contributed by atoms with Crippen molar-refractivity contribution >= 4 is 16.8 Å². The summed E-state index contributed by atoms with van der Waals surface area (Å²) in [5.74, 6) is -0.239. The van der Waals surface area contributed by atoms with Crippen LogP contribution in [0.1, 0.15) is 23.7 Å². The first-order valence-electron chi connectivity index (χ1n) is 6.87. The third-order valence-electron chi connectivity index (χ3n) is 3.35. The van der Waals surface area contributed by atoms with Gasteiger partial charge < -0.3 is 15.2 Å².